The second-order valence-electron chi connectivity index (χ2n) is 5.33. The van der Waals surface area contributed by atoms with Gasteiger partial charge in [-0.25, -0.2) is 4.98 Å². The minimum atomic E-state index is 0.181. The first kappa shape index (κ1) is 14.2. The van der Waals surface area contributed by atoms with E-state index in [1.807, 2.05) is 34.8 Å². The lowest BCUT2D eigenvalue weighted by Gasteiger charge is -2.34. The van der Waals surface area contributed by atoms with Crippen molar-refractivity contribution < 1.29 is 4.79 Å². The predicted molar refractivity (Wildman–Crippen MR) is 83.0 cm³/mol. The highest BCUT2D eigenvalue weighted by atomic mass is 32.1. The minimum absolute atomic E-state index is 0.181. The van der Waals surface area contributed by atoms with Gasteiger partial charge in [-0.2, -0.15) is 0 Å². The number of amides is 1. The quantitative estimate of drug-likeness (QED) is 0.871. The molecule has 0 bridgehead atoms. The Hall–Kier alpha value is -1.75. The van der Waals surface area contributed by atoms with Gasteiger partial charge in [-0.15, -0.1) is 11.3 Å². The van der Waals surface area contributed by atoms with Crippen LogP contribution in [0.25, 0.3) is 0 Å². The Bertz CT molecular complexity index is 570. The molecule has 3 rings (SSSR count). The monoisotopic (exact) mass is 301 g/mol. The normalized spacial score (nSPS) is 18.7. The molecule has 110 valence electrons. The molecule has 5 heteroatoms. The maximum absolute atomic E-state index is 12.6. The molecule has 0 saturated carbocycles. The Morgan fingerprint density at radius 2 is 2.33 bits per heavy atom. The molecule has 21 heavy (non-hydrogen) atoms. The number of carbonyl (C=O) groups is 1. The first-order valence-electron chi connectivity index (χ1n) is 7.42. The highest BCUT2D eigenvalue weighted by Gasteiger charge is 2.29. The summed E-state index contributed by atoms with van der Waals surface area (Å²) in [6.07, 6.45) is 10.0. The number of thiazole rings is 1. The fourth-order valence-corrected chi connectivity index (χ4v) is 3.61. The standard InChI is InChI=1S/C16H19N3OS/c20-15(7-6-13-4-3-8-17-12-13)19-10-2-1-5-14(19)16-18-9-11-21-16/h3-4,8-9,11-12,14H,1-2,5-7,10H2/t14-/m1/s1. The number of hydrogen-bond acceptors (Lipinski definition) is 4. The zero-order valence-electron chi connectivity index (χ0n) is 11.9. The van der Waals surface area contributed by atoms with E-state index in [0.717, 1.165) is 36.4 Å². The highest BCUT2D eigenvalue weighted by Crippen LogP contribution is 2.32. The van der Waals surface area contributed by atoms with Crippen LogP contribution in [0.15, 0.2) is 36.1 Å². The topological polar surface area (TPSA) is 46.1 Å². The SMILES string of the molecule is O=C(CCc1cccnc1)N1CCCC[C@@H]1c1nccs1. The molecule has 1 amide bonds. The molecule has 0 N–H and O–H groups in total. The zero-order chi connectivity index (χ0) is 14.5. The summed E-state index contributed by atoms with van der Waals surface area (Å²) in [6.45, 7) is 0.857. The molecule has 0 unspecified atom stereocenters. The molecular weight excluding hydrogens is 282 g/mol. The Morgan fingerprint density at radius 3 is 3.10 bits per heavy atom. The van der Waals surface area contributed by atoms with Gasteiger partial charge >= 0.3 is 0 Å². The molecule has 2 aromatic rings. The fraction of sp³-hybridized carbons (Fsp3) is 0.438. The second kappa shape index (κ2) is 6.80. The van der Waals surface area contributed by atoms with Gasteiger partial charge in [-0.1, -0.05) is 6.07 Å². The summed E-state index contributed by atoms with van der Waals surface area (Å²) in [5, 5.41) is 3.06. The summed E-state index contributed by atoms with van der Waals surface area (Å²) in [5.74, 6) is 0.235. The second-order valence-corrected chi connectivity index (χ2v) is 6.26. The molecule has 0 spiro atoms. The number of hydrogen-bond donors (Lipinski definition) is 0. The van der Waals surface area contributed by atoms with Crippen LogP contribution in [0.5, 0.6) is 0 Å². The number of nitrogens with zero attached hydrogens (tertiary/aromatic N) is 3. The fourth-order valence-electron chi connectivity index (χ4n) is 2.83. The van der Waals surface area contributed by atoms with Crippen molar-refractivity contribution in [2.24, 2.45) is 0 Å². The van der Waals surface area contributed by atoms with Crippen LogP contribution in [-0.4, -0.2) is 27.3 Å². The van der Waals surface area contributed by atoms with Crippen molar-refractivity contribution >= 4 is 17.2 Å². The Labute approximate surface area is 128 Å². The van der Waals surface area contributed by atoms with Gasteiger partial charge < -0.3 is 4.90 Å². The Morgan fingerprint density at radius 1 is 1.38 bits per heavy atom. The van der Waals surface area contributed by atoms with E-state index in [0.29, 0.717) is 6.42 Å². The number of aromatic nitrogens is 2. The molecule has 3 heterocycles. The van der Waals surface area contributed by atoms with Crippen molar-refractivity contribution in [2.45, 2.75) is 38.1 Å². The average Bonchev–Trinajstić information content (AvgIpc) is 3.08. The van der Waals surface area contributed by atoms with Crippen LogP contribution in [-0.2, 0) is 11.2 Å². The van der Waals surface area contributed by atoms with Gasteiger partial charge in [-0.3, -0.25) is 9.78 Å². The van der Waals surface area contributed by atoms with Gasteiger partial charge in [0.2, 0.25) is 5.91 Å². The first-order chi connectivity index (χ1) is 10.3. The lowest BCUT2D eigenvalue weighted by atomic mass is 10.0. The van der Waals surface area contributed by atoms with Crippen molar-refractivity contribution in [1.82, 2.24) is 14.9 Å². The van der Waals surface area contributed by atoms with Gasteiger partial charge in [0, 0.05) is 36.9 Å². The number of piperidine rings is 1. The van der Waals surface area contributed by atoms with E-state index in [-0.39, 0.29) is 11.9 Å². The van der Waals surface area contributed by atoms with E-state index >= 15 is 0 Å². The smallest absolute Gasteiger partial charge is 0.223 e. The maximum Gasteiger partial charge on any atom is 0.223 e. The summed E-state index contributed by atoms with van der Waals surface area (Å²) in [7, 11) is 0. The van der Waals surface area contributed by atoms with E-state index in [2.05, 4.69) is 9.97 Å². The van der Waals surface area contributed by atoms with Gasteiger partial charge in [0.25, 0.3) is 0 Å². The van der Waals surface area contributed by atoms with Crippen molar-refractivity contribution in [2.75, 3.05) is 6.54 Å². The van der Waals surface area contributed by atoms with Crippen LogP contribution in [0.4, 0.5) is 0 Å². The first-order valence-corrected chi connectivity index (χ1v) is 8.30. The van der Waals surface area contributed by atoms with E-state index in [9.17, 15) is 4.79 Å². The third kappa shape index (κ3) is 3.47. The molecule has 1 fully saturated rings. The maximum atomic E-state index is 12.6. The van der Waals surface area contributed by atoms with Gasteiger partial charge in [0.15, 0.2) is 0 Å². The van der Waals surface area contributed by atoms with Crippen LogP contribution >= 0.6 is 11.3 Å². The van der Waals surface area contributed by atoms with Crippen molar-refractivity contribution in [1.29, 1.82) is 0 Å². The average molecular weight is 301 g/mol. The van der Waals surface area contributed by atoms with Crippen LogP contribution in [0.2, 0.25) is 0 Å². The predicted octanol–water partition coefficient (Wildman–Crippen LogP) is 3.22. The van der Waals surface area contributed by atoms with Crippen LogP contribution in [0, 0.1) is 0 Å². The number of aryl methyl sites for hydroxylation is 1. The third-order valence-corrected chi connectivity index (χ3v) is 4.79. The summed E-state index contributed by atoms with van der Waals surface area (Å²) in [4.78, 5) is 23.1. The largest absolute Gasteiger partial charge is 0.333 e. The van der Waals surface area contributed by atoms with Gasteiger partial charge in [0.1, 0.15) is 5.01 Å². The zero-order valence-corrected chi connectivity index (χ0v) is 12.8. The molecule has 2 aromatic heterocycles. The number of pyridine rings is 1. The van der Waals surface area contributed by atoms with E-state index in [4.69, 9.17) is 0 Å². The van der Waals surface area contributed by atoms with Crippen molar-refractivity contribution in [3.63, 3.8) is 0 Å². The lowest BCUT2D eigenvalue weighted by molar-refractivity contribution is -0.135. The van der Waals surface area contributed by atoms with Crippen LogP contribution in [0.1, 0.15) is 42.3 Å². The molecule has 1 aliphatic heterocycles. The van der Waals surface area contributed by atoms with Crippen LogP contribution in [0.3, 0.4) is 0 Å². The molecule has 0 radical (unpaired) electrons. The van der Waals surface area contributed by atoms with Crippen LogP contribution < -0.4 is 0 Å². The van der Waals surface area contributed by atoms with E-state index in [1.165, 1.54) is 6.42 Å². The van der Waals surface area contributed by atoms with E-state index in [1.54, 1.807) is 17.5 Å². The van der Waals surface area contributed by atoms with E-state index < -0.39 is 0 Å². The molecule has 1 atom stereocenters. The number of likely N-dealkylation sites (tertiary alicyclic amines) is 1. The number of rotatable bonds is 4. The van der Waals surface area contributed by atoms with Gasteiger partial charge in [0.05, 0.1) is 6.04 Å². The van der Waals surface area contributed by atoms with Crippen molar-refractivity contribution in [3.8, 4) is 0 Å². The summed E-state index contributed by atoms with van der Waals surface area (Å²) < 4.78 is 0. The molecule has 1 saturated heterocycles. The minimum Gasteiger partial charge on any atom is -0.333 e. The molecular formula is C16H19N3OS. The molecule has 0 aromatic carbocycles. The molecule has 1 aliphatic rings. The summed E-state index contributed by atoms with van der Waals surface area (Å²) in [5.41, 5.74) is 1.12. The Kier molecular flexibility index (Phi) is 4.60. The number of carbonyl (C=O) groups excluding carboxylic acids is 1. The van der Waals surface area contributed by atoms with Crippen molar-refractivity contribution in [3.05, 3.63) is 46.7 Å². The molecule has 4 nitrogen and oxygen atoms in total. The summed E-state index contributed by atoms with van der Waals surface area (Å²) >= 11 is 1.65. The lowest BCUT2D eigenvalue weighted by Crippen LogP contribution is -2.38. The molecule has 0 aliphatic carbocycles. The van der Waals surface area contributed by atoms with Gasteiger partial charge in [-0.05, 0) is 37.3 Å². The third-order valence-electron chi connectivity index (χ3n) is 3.91. The highest BCUT2D eigenvalue weighted by molar-refractivity contribution is 7.09. The summed E-state index contributed by atoms with van der Waals surface area (Å²) in [6, 6.07) is 4.12. The Balaban J connectivity index is 1.64.